The third-order valence-corrected chi connectivity index (χ3v) is 8.90. The smallest absolute Gasteiger partial charge is 0.362 e. The molecular weight excluding hydrogens is 763 g/mol. The van der Waals surface area contributed by atoms with Crippen LogP contribution in [0, 0.1) is 0 Å². The Balaban J connectivity index is 4.58. The summed E-state index contributed by atoms with van der Waals surface area (Å²) in [4.78, 5) is 37.0. The molecule has 0 bridgehead atoms. The summed E-state index contributed by atoms with van der Waals surface area (Å²) >= 11 is 0. The predicted octanol–water partition coefficient (Wildman–Crippen LogP) is 12.6. The minimum atomic E-state index is -0.899. The van der Waals surface area contributed by atoms with Crippen molar-refractivity contribution in [1.29, 1.82) is 0 Å². The van der Waals surface area contributed by atoms with Gasteiger partial charge in [0.2, 0.25) is 0 Å². The molecule has 0 aromatic heterocycles. The van der Waals surface area contributed by atoms with E-state index in [1.807, 2.05) is 81.9 Å². The number of carbonyl (C=O) groups is 3. The zero-order valence-electron chi connectivity index (χ0n) is 38.3. The maximum atomic E-state index is 12.7. The molecule has 8 heteroatoms. The number of hydrogen-bond acceptors (Lipinski definition) is 6. The van der Waals surface area contributed by atoms with Crippen LogP contribution in [0.2, 0.25) is 0 Å². The summed E-state index contributed by atoms with van der Waals surface area (Å²) in [5, 5.41) is 9.63. The Labute approximate surface area is 370 Å². The zero-order valence-corrected chi connectivity index (χ0v) is 38.3. The first-order chi connectivity index (χ1) is 29.6. The molecular formula is C53H80NO7+. The molecule has 0 radical (unpaired) electrons. The maximum absolute atomic E-state index is 12.7. The van der Waals surface area contributed by atoms with E-state index >= 15 is 0 Å². The Bertz CT molecular complexity index is 1490. The molecule has 0 aromatic carbocycles. The van der Waals surface area contributed by atoms with Gasteiger partial charge in [0.1, 0.15) is 6.61 Å². The van der Waals surface area contributed by atoms with E-state index in [1.54, 1.807) is 0 Å². The molecule has 338 valence electrons. The van der Waals surface area contributed by atoms with Gasteiger partial charge >= 0.3 is 17.9 Å². The highest BCUT2D eigenvalue weighted by Crippen LogP contribution is 2.11. The minimum Gasteiger partial charge on any atom is -0.477 e. The molecule has 2 atom stereocenters. The highest BCUT2D eigenvalue weighted by Gasteiger charge is 2.31. The third-order valence-electron chi connectivity index (χ3n) is 8.90. The van der Waals surface area contributed by atoms with Crippen LogP contribution in [0.1, 0.15) is 117 Å². The second-order valence-corrected chi connectivity index (χ2v) is 15.3. The summed E-state index contributed by atoms with van der Waals surface area (Å²) in [6.07, 6.45) is 61.8. The number of allylic oxidation sites excluding steroid dienone is 24. The van der Waals surface area contributed by atoms with Gasteiger partial charge in [-0.2, -0.15) is 0 Å². The van der Waals surface area contributed by atoms with Gasteiger partial charge in [-0.05, 0) is 77.0 Å². The number of quaternary nitrogens is 1. The number of esters is 2. The molecule has 0 spiro atoms. The summed E-state index contributed by atoms with van der Waals surface area (Å²) in [6, 6.07) is -0.643. The Morgan fingerprint density at radius 3 is 1.48 bits per heavy atom. The molecule has 0 rings (SSSR count). The van der Waals surface area contributed by atoms with Crippen molar-refractivity contribution in [1.82, 2.24) is 0 Å². The first kappa shape index (κ1) is 56.2. The van der Waals surface area contributed by atoms with E-state index in [2.05, 4.69) is 98.9 Å². The number of ether oxygens (including phenoxy) is 3. The van der Waals surface area contributed by atoms with E-state index in [0.717, 1.165) is 70.6 Å². The van der Waals surface area contributed by atoms with Gasteiger partial charge in [0.05, 0.1) is 34.4 Å². The van der Waals surface area contributed by atoms with Crippen LogP contribution in [0.15, 0.2) is 146 Å². The lowest BCUT2D eigenvalue weighted by Gasteiger charge is -2.31. The van der Waals surface area contributed by atoms with E-state index in [9.17, 15) is 19.5 Å². The largest absolute Gasteiger partial charge is 0.477 e. The Kier molecular flexibility index (Phi) is 38.6. The summed E-state index contributed by atoms with van der Waals surface area (Å²) < 4.78 is 17.2. The molecule has 0 aliphatic carbocycles. The van der Waals surface area contributed by atoms with Crippen molar-refractivity contribution in [2.75, 3.05) is 41.0 Å². The quantitative estimate of drug-likeness (QED) is 0.0219. The van der Waals surface area contributed by atoms with E-state index in [-0.39, 0.29) is 49.1 Å². The summed E-state index contributed by atoms with van der Waals surface area (Å²) in [5.74, 6) is -1.63. The fourth-order valence-electron chi connectivity index (χ4n) is 5.49. The molecule has 0 saturated carbocycles. The molecule has 0 fully saturated rings. The highest BCUT2D eigenvalue weighted by atomic mass is 16.6. The van der Waals surface area contributed by atoms with Crippen LogP contribution in [-0.4, -0.2) is 80.6 Å². The number of carboxylic acid groups (broad SMARTS) is 1. The normalized spacial score (nSPS) is 14.3. The van der Waals surface area contributed by atoms with Gasteiger partial charge in [-0.15, -0.1) is 0 Å². The number of likely N-dealkylation sites (N-methyl/N-ethyl adjacent to an activating group) is 1. The standard InChI is InChI=1S/C53H79NO7/c1-6-8-10-12-14-16-18-20-22-24-25-26-28-30-32-34-36-38-40-42-44-52(56)61-49(47-59-46-45-50(53(57)58)54(3,4)5)48-60-51(55)43-41-39-37-35-33-31-29-27-23-21-19-17-15-13-11-9-7-2/h8-11,13-17,19-23,25-27,29-33,36,38,49-50H,6-7,12,18,24,28,34-35,37,39-48H2,1-5H3/p+1/b10-8+,11-9+,15-13+,16-14+,19-17+,22-20+,23-21+,26-25+,29-27+,32-30+,33-31+,38-36+. The van der Waals surface area contributed by atoms with E-state index in [1.165, 1.54) is 0 Å². The molecule has 0 saturated heterocycles. The van der Waals surface area contributed by atoms with Crippen molar-refractivity contribution >= 4 is 17.9 Å². The van der Waals surface area contributed by atoms with Crippen LogP contribution in [0.4, 0.5) is 0 Å². The van der Waals surface area contributed by atoms with Gasteiger partial charge in [0.15, 0.2) is 12.1 Å². The molecule has 0 aliphatic rings. The van der Waals surface area contributed by atoms with Crippen molar-refractivity contribution < 1.29 is 38.2 Å². The molecule has 2 unspecified atom stereocenters. The van der Waals surface area contributed by atoms with Crippen molar-refractivity contribution in [2.45, 2.75) is 129 Å². The molecule has 8 nitrogen and oxygen atoms in total. The number of unbranched alkanes of at least 4 members (excludes halogenated alkanes) is 4. The number of carbonyl (C=O) groups excluding carboxylic acids is 2. The summed E-state index contributed by atoms with van der Waals surface area (Å²) in [7, 11) is 5.47. The monoisotopic (exact) mass is 843 g/mol. The fraction of sp³-hybridized carbons (Fsp3) is 0.491. The van der Waals surface area contributed by atoms with E-state index < -0.39 is 18.1 Å². The average Bonchev–Trinajstić information content (AvgIpc) is 3.22. The van der Waals surface area contributed by atoms with Crippen molar-refractivity contribution in [3.05, 3.63) is 146 Å². The number of nitrogens with zero attached hydrogens (tertiary/aromatic N) is 1. The maximum Gasteiger partial charge on any atom is 0.362 e. The van der Waals surface area contributed by atoms with Gasteiger partial charge < -0.3 is 23.8 Å². The zero-order chi connectivity index (χ0) is 44.9. The van der Waals surface area contributed by atoms with Gasteiger partial charge in [-0.25, -0.2) is 4.79 Å². The molecule has 0 aromatic rings. The van der Waals surface area contributed by atoms with E-state index in [4.69, 9.17) is 14.2 Å². The van der Waals surface area contributed by atoms with Gasteiger partial charge in [0.25, 0.3) is 0 Å². The van der Waals surface area contributed by atoms with Crippen LogP contribution in [0.5, 0.6) is 0 Å². The van der Waals surface area contributed by atoms with Crippen LogP contribution in [0.3, 0.4) is 0 Å². The van der Waals surface area contributed by atoms with Crippen LogP contribution in [0.25, 0.3) is 0 Å². The van der Waals surface area contributed by atoms with Crippen molar-refractivity contribution in [2.24, 2.45) is 0 Å². The minimum absolute atomic E-state index is 0.0111. The lowest BCUT2D eigenvalue weighted by Crippen LogP contribution is -2.50. The molecule has 0 aliphatic heterocycles. The summed E-state index contributed by atoms with van der Waals surface area (Å²) in [6.45, 7) is 4.33. The van der Waals surface area contributed by atoms with Crippen LogP contribution >= 0.6 is 0 Å². The SMILES string of the molecule is CC/C=C/C=C/C=C/C=C/C=C/C=C/CCCCCC(=O)OCC(COCCC(C(=O)O)[N+](C)(C)C)OC(=O)CCC/C=C/C/C=C/C/C=C/C/C=C/C/C=C/C/C=C/CC. The number of carboxylic acids is 1. The molecule has 61 heavy (non-hydrogen) atoms. The Morgan fingerprint density at radius 1 is 0.508 bits per heavy atom. The van der Waals surface area contributed by atoms with Crippen LogP contribution in [-0.2, 0) is 28.6 Å². The topological polar surface area (TPSA) is 99.1 Å². The van der Waals surface area contributed by atoms with Gasteiger partial charge in [0, 0.05) is 19.3 Å². The fourth-order valence-corrected chi connectivity index (χ4v) is 5.49. The van der Waals surface area contributed by atoms with E-state index in [0.29, 0.717) is 19.3 Å². The van der Waals surface area contributed by atoms with Crippen LogP contribution < -0.4 is 0 Å². The number of rotatable bonds is 37. The van der Waals surface area contributed by atoms with Gasteiger partial charge in [-0.3, -0.25) is 9.59 Å². The number of hydrogen-bond donors (Lipinski definition) is 1. The number of aliphatic carboxylic acids is 1. The second-order valence-electron chi connectivity index (χ2n) is 15.3. The third kappa shape index (κ3) is 40.4. The Morgan fingerprint density at radius 2 is 0.967 bits per heavy atom. The van der Waals surface area contributed by atoms with Gasteiger partial charge in [-0.1, -0.05) is 166 Å². The first-order valence-corrected chi connectivity index (χ1v) is 22.5. The molecule has 0 heterocycles. The lowest BCUT2D eigenvalue weighted by atomic mass is 10.1. The molecule has 0 amide bonds. The molecule has 1 N–H and O–H groups in total. The highest BCUT2D eigenvalue weighted by molar-refractivity contribution is 5.72. The van der Waals surface area contributed by atoms with Crippen molar-refractivity contribution in [3.63, 3.8) is 0 Å². The first-order valence-electron chi connectivity index (χ1n) is 22.5. The summed E-state index contributed by atoms with van der Waals surface area (Å²) in [5.41, 5.74) is 0. The predicted molar refractivity (Wildman–Crippen MR) is 256 cm³/mol. The van der Waals surface area contributed by atoms with Crippen molar-refractivity contribution in [3.8, 4) is 0 Å². The Hall–Kier alpha value is -4.79. The second kappa shape index (κ2) is 41.9. The average molecular weight is 843 g/mol. The lowest BCUT2D eigenvalue weighted by molar-refractivity contribution is -0.887.